The number of aryl methyl sites for hydroxylation is 1. The van der Waals surface area contributed by atoms with Crippen LogP contribution in [0.25, 0.3) is 0 Å². The lowest BCUT2D eigenvalue weighted by Crippen LogP contribution is -2.33. The van der Waals surface area contributed by atoms with Crippen molar-refractivity contribution in [2.45, 2.75) is 58.3 Å². The minimum absolute atomic E-state index is 0.0543. The van der Waals surface area contributed by atoms with E-state index in [-0.39, 0.29) is 12.0 Å². The summed E-state index contributed by atoms with van der Waals surface area (Å²) in [6.07, 6.45) is 11.6. The van der Waals surface area contributed by atoms with Gasteiger partial charge in [0.15, 0.2) is 0 Å². The zero-order chi connectivity index (χ0) is 13.7. The van der Waals surface area contributed by atoms with Gasteiger partial charge in [-0.25, -0.2) is 0 Å². The smallest absolute Gasteiger partial charge is 0.0833 e. The number of aliphatic hydroxyl groups excluding tert-OH is 1. The maximum absolute atomic E-state index is 9.82. The quantitative estimate of drug-likeness (QED) is 0.860. The molecular weight excluding hydrogens is 238 g/mol. The first-order valence-corrected chi connectivity index (χ1v) is 7.63. The second-order valence-corrected chi connectivity index (χ2v) is 6.30. The molecule has 108 valence electrons. The van der Waals surface area contributed by atoms with E-state index in [9.17, 15) is 5.11 Å². The van der Waals surface area contributed by atoms with E-state index in [0.717, 1.165) is 30.9 Å². The minimum Gasteiger partial charge on any atom is -0.396 e. The van der Waals surface area contributed by atoms with Crippen LogP contribution in [-0.2, 0) is 13.5 Å². The van der Waals surface area contributed by atoms with Crippen LogP contribution in [0.3, 0.4) is 0 Å². The molecule has 0 aliphatic heterocycles. The molecule has 1 aromatic rings. The first kappa shape index (κ1) is 14.5. The van der Waals surface area contributed by atoms with E-state index in [4.69, 9.17) is 0 Å². The van der Waals surface area contributed by atoms with E-state index in [1.165, 1.54) is 32.1 Å². The first-order chi connectivity index (χ1) is 9.17. The lowest BCUT2D eigenvalue weighted by molar-refractivity contribution is 0.0612. The third-order valence-electron chi connectivity index (χ3n) is 4.67. The summed E-state index contributed by atoms with van der Waals surface area (Å²) in [7, 11) is 1.89. The van der Waals surface area contributed by atoms with Crippen LogP contribution in [0.1, 0.15) is 57.6 Å². The van der Waals surface area contributed by atoms with Crippen molar-refractivity contribution >= 4 is 0 Å². The van der Waals surface area contributed by atoms with Gasteiger partial charge in [-0.1, -0.05) is 31.4 Å². The van der Waals surface area contributed by atoms with E-state index in [1.54, 1.807) is 4.68 Å². The Morgan fingerprint density at radius 2 is 2.16 bits per heavy atom. The fraction of sp³-hybridized carbons (Fsp3) is 0.867. The number of unbranched alkanes of at least 4 members (excludes halogenated alkanes) is 1. The molecule has 1 N–H and O–H groups in total. The Labute approximate surface area is 116 Å². The second kappa shape index (κ2) is 6.51. The van der Waals surface area contributed by atoms with Gasteiger partial charge in [0, 0.05) is 26.3 Å². The second-order valence-electron chi connectivity index (χ2n) is 6.30. The van der Waals surface area contributed by atoms with Crippen molar-refractivity contribution in [1.82, 2.24) is 15.0 Å². The van der Waals surface area contributed by atoms with E-state index in [2.05, 4.69) is 17.2 Å². The molecule has 0 saturated heterocycles. The van der Waals surface area contributed by atoms with Crippen molar-refractivity contribution in [3.63, 3.8) is 0 Å². The molecule has 1 aromatic heterocycles. The molecule has 0 aromatic carbocycles. The topological polar surface area (TPSA) is 50.9 Å². The Balaban J connectivity index is 1.90. The molecule has 0 atom stereocenters. The van der Waals surface area contributed by atoms with Crippen molar-refractivity contribution < 1.29 is 5.11 Å². The van der Waals surface area contributed by atoms with Crippen molar-refractivity contribution in [3.8, 4) is 0 Å². The van der Waals surface area contributed by atoms with Gasteiger partial charge in [-0.2, -0.15) is 0 Å². The Morgan fingerprint density at radius 1 is 1.42 bits per heavy atom. The van der Waals surface area contributed by atoms with Crippen molar-refractivity contribution in [2.24, 2.45) is 18.4 Å². The summed E-state index contributed by atoms with van der Waals surface area (Å²) in [5.41, 5.74) is 1.07. The average Bonchev–Trinajstić information content (AvgIpc) is 2.83. The highest BCUT2D eigenvalue weighted by atomic mass is 16.3. The normalized spacial score (nSPS) is 27.6. The Hall–Kier alpha value is -0.900. The number of rotatable bonds is 6. The number of hydrogen-bond donors (Lipinski definition) is 1. The molecule has 0 spiro atoms. The fourth-order valence-corrected chi connectivity index (χ4v) is 3.32. The molecular formula is C15H27N3O. The zero-order valence-electron chi connectivity index (χ0n) is 12.3. The Morgan fingerprint density at radius 3 is 2.68 bits per heavy atom. The first-order valence-electron chi connectivity index (χ1n) is 7.63. The molecule has 4 heteroatoms. The van der Waals surface area contributed by atoms with Gasteiger partial charge in [0.05, 0.1) is 5.69 Å². The van der Waals surface area contributed by atoms with Crippen LogP contribution in [0, 0.1) is 11.3 Å². The van der Waals surface area contributed by atoms with Gasteiger partial charge >= 0.3 is 0 Å². The number of aromatic nitrogens is 3. The summed E-state index contributed by atoms with van der Waals surface area (Å²) < 4.78 is 1.74. The van der Waals surface area contributed by atoms with Gasteiger partial charge in [-0.15, -0.1) is 5.10 Å². The van der Waals surface area contributed by atoms with Crippen molar-refractivity contribution in [2.75, 3.05) is 6.61 Å². The number of aliphatic hydroxyl groups is 1. The molecule has 19 heavy (non-hydrogen) atoms. The predicted octanol–water partition coefficient (Wildman–Crippen LogP) is 2.72. The van der Waals surface area contributed by atoms with Crippen LogP contribution in [0.15, 0.2) is 6.20 Å². The van der Waals surface area contributed by atoms with Crippen LogP contribution in [0.5, 0.6) is 0 Å². The molecule has 1 fully saturated rings. The van der Waals surface area contributed by atoms with Crippen molar-refractivity contribution in [3.05, 3.63) is 11.9 Å². The molecule has 1 aliphatic carbocycles. The average molecular weight is 265 g/mol. The van der Waals surface area contributed by atoms with Gasteiger partial charge in [-0.05, 0) is 37.0 Å². The molecule has 0 bridgehead atoms. The summed E-state index contributed by atoms with van der Waals surface area (Å²) in [6.45, 7) is 2.54. The maximum atomic E-state index is 9.82. The number of nitrogens with zero attached hydrogens (tertiary/aromatic N) is 3. The summed E-state index contributed by atoms with van der Waals surface area (Å²) in [6, 6.07) is 0. The van der Waals surface area contributed by atoms with Gasteiger partial charge in [0.1, 0.15) is 0 Å². The third-order valence-corrected chi connectivity index (χ3v) is 4.67. The predicted molar refractivity (Wildman–Crippen MR) is 75.7 cm³/mol. The van der Waals surface area contributed by atoms with Crippen LogP contribution >= 0.6 is 0 Å². The van der Waals surface area contributed by atoms with E-state index in [1.807, 2.05) is 13.2 Å². The molecule has 1 aliphatic rings. The van der Waals surface area contributed by atoms with Gasteiger partial charge in [0.2, 0.25) is 0 Å². The van der Waals surface area contributed by atoms with Crippen LogP contribution in [0.4, 0.5) is 0 Å². The van der Waals surface area contributed by atoms with E-state index in [0.29, 0.717) is 0 Å². The van der Waals surface area contributed by atoms with Gasteiger partial charge in [0.25, 0.3) is 0 Å². The zero-order valence-corrected chi connectivity index (χ0v) is 12.3. The fourth-order valence-electron chi connectivity index (χ4n) is 3.32. The molecule has 2 rings (SSSR count). The summed E-state index contributed by atoms with van der Waals surface area (Å²) in [5, 5.41) is 18.0. The summed E-state index contributed by atoms with van der Waals surface area (Å²) in [4.78, 5) is 0. The van der Waals surface area contributed by atoms with Gasteiger partial charge in [-0.3, -0.25) is 4.68 Å². The standard InChI is InChI=1S/C15H27N3O/c1-3-4-5-13-6-8-15(12-19,9-7-13)10-14-11-18(2)17-16-14/h11,13,19H,3-10,12H2,1-2H3. The molecule has 4 nitrogen and oxygen atoms in total. The molecule has 0 radical (unpaired) electrons. The van der Waals surface area contributed by atoms with E-state index < -0.39 is 0 Å². The highest BCUT2D eigenvalue weighted by Gasteiger charge is 2.35. The monoisotopic (exact) mass is 265 g/mol. The highest BCUT2D eigenvalue weighted by molar-refractivity contribution is 5.00. The van der Waals surface area contributed by atoms with Crippen LogP contribution < -0.4 is 0 Å². The van der Waals surface area contributed by atoms with E-state index >= 15 is 0 Å². The summed E-state index contributed by atoms with van der Waals surface area (Å²) >= 11 is 0. The van der Waals surface area contributed by atoms with Crippen molar-refractivity contribution in [1.29, 1.82) is 0 Å². The summed E-state index contributed by atoms with van der Waals surface area (Å²) in [5.74, 6) is 0.876. The molecule has 1 heterocycles. The van der Waals surface area contributed by atoms with Crippen LogP contribution in [0.2, 0.25) is 0 Å². The third kappa shape index (κ3) is 3.78. The minimum atomic E-state index is 0.0543. The molecule has 0 unspecified atom stereocenters. The van der Waals surface area contributed by atoms with Crippen LogP contribution in [-0.4, -0.2) is 26.7 Å². The maximum Gasteiger partial charge on any atom is 0.0833 e. The molecule has 0 amide bonds. The number of hydrogen-bond acceptors (Lipinski definition) is 3. The SMILES string of the molecule is CCCCC1CCC(CO)(Cc2cn(C)nn2)CC1. The Bertz CT molecular complexity index is 380. The largest absolute Gasteiger partial charge is 0.396 e. The lowest BCUT2D eigenvalue weighted by atomic mass is 9.68. The Kier molecular flexibility index (Phi) is 4.97. The lowest BCUT2D eigenvalue weighted by Gasteiger charge is -2.38. The highest BCUT2D eigenvalue weighted by Crippen LogP contribution is 2.42. The van der Waals surface area contributed by atoms with Gasteiger partial charge < -0.3 is 5.11 Å². The molecule has 1 saturated carbocycles.